The van der Waals surface area contributed by atoms with Crippen molar-refractivity contribution in [3.8, 4) is 0 Å². The summed E-state index contributed by atoms with van der Waals surface area (Å²) in [7, 11) is 0. The van der Waals surface area contributed by atoms with Crippen molar-refractivity contribution in [1.82, 2.24) is 5.32 Å². The molecule has 0 aromatic heterocycles. The SMILES string of the molecule is CCOC(=O)C[C@H](NC(=O)C(c1ccccc1)(c1ccccc1)c1ccccc1)C(N)=O. The van der Waals surface area contributed by atoms with Gasteiger partial charge in [-0.2, -0.15) is 0 Å². The molecule has 164 valence electrons. The number of nitrogens with two attached hydrogens (primary N) is 1. The Kier molecular flexibility index (Phi) is 7.39. The molecule has 6 nitrogen and oxygen atoms in total. The smallest absolute Gasteiger partial charge is 0.308 e. The van der Waals surface area contributed by atoms with E-state index in [1.54, 1.807) is 6.92 Å². The fraction of sp³-hybridized carbons (Fsp3) is 0.192. The van der Waals surface area contributed by atoms with Crippen molar-refractivity contribution in [2.45, 2.75) is 24.8 Å². The van der Waals surface area contributed by atoms with Gasteiger partial charge in [-0.15, -0.1) is 0 Å². The fourth-order valence-electron chi connectivity index (χ4n) is 3.83. The molecular weight excluding hydrogens is 404 g/mol. The predicted octanol–water partition coefficient (Wildman–Crippen LogP) is 2.94. The Morgan fingerprint density at radius 1 is 0.812 bits per heavy atom. The topological polar surface area (TPSA) is 98.5 Å². The number of carbonyl (C=O) groups is 3. The van der Waals surface area contributed by atoms with E-state index < -0.39 is 29.2 Å². The predicted molar refractivity (Wildman–Crippen MR) is 122 cm³/mol. The normalized spacial score (nSPS) is 11.9. The number of amides is 2. The lowest BCUT2D eigenvalue weighted by atomic mass is 9.68. The van der Waals surface area contributed by atoms with Gasteiger partial charge in [-0.05, 0) is 23.6 Å². The van der Waals surface area contributed by atoms with Crippen LogP contribution in [0.4, 0.5) is 0 Å². The molecule has 0 radical (unpaired) electrons. The van der Waals surface area contributed by atoms with Crippen LogP contribution >= 0.6 is 0 Å². The Balaban J connectivity index is 2.17. The third-order valence-electron chi connectivity index (χ3n) is 5.29. The molecule has 0 unspecified atom stereocenters. The lowest BCUT2D eigenvalue weighted by Crippen LogP contribution is -2.54. The van der Waals surface area contributed by atoms with Crippen LogP contribution in [0.1, 0.15) is 30.0 Å². The molecule has 2 amide bonds. The Bertz CT molecular complexity index is 956. The van der Waals surface area contributed by atoms with Gasteiger partial charge in [0.15, 0.2) is 0 Å². The fourth-order valence-corrected chi connectivity index (χ4v) is 3.83. The van der Waals surface area contributed by atoms with Gasteiger partial charge in [0, 0.05) is 0 Å². The molecule has 3 aromatic carbocycles. The number of esters is 1. The van der Waals surface area contributed by atoms with E-state index in [1.165, 1.54) is 0 Å². The van der Waals surface area contributed by atoms with Crippen LogP contribution in [-0.4, -0.2) is 30.4 Å². The summed E-state index contributed by atoms with van der Waals surface area (Å²) < 4.78 is 4.95. The summed E-state index contributed by atoms with van der Waals surface area (Å²) in [5.41, 5.74) is 6.41. The second-order valence-corrected chi connectivity index (χ2v) is 7.29. The molecule has 0 bridgehead atoms. The third kappa shape index (κ3) is 4.70. The number of rotatable bonds is 9. The first kappa shape index (κ1) is 22.7. The van der Waals surface area contributed by atoms with Crippen LogP contribution in [-0.2, 0) is 24.5 Å². The van der Waals surface area contributed by atoms with Crippen molar-refractivity contribution in [3.63, 3.8) is 0 Å². The molecule has 0 saturated carbocycles. The summed E-state index contributed by atoms with van der Waals surface area (Å²) in [5.74, 6) is -1.88. The summed E-state index contributed by atoms with van der Waals surface area (Å²) in [6.07, 6.45) is -0.344. The van der Waals surface area contributed by atoms with Crippen molar-refractivity contribution < 1.29 is 19.1 Å². The first-order valence-electron chi connectivity index (χ1n) is 10.4. The van der Waals surface area contributed by atoms with E-state index in [9.17, 15) is 14.4 Å². The minimum absolute atomic E-state index is 0.167. The molecular formula is C26H26N2O4. The van der Waals surface area contributed by atoms with Gasteiger partial charge >= 0.3 is 5.97 Å². The summed E-state index contributed by atoms with van der Waals surface area (Å²) in [4.78, 5) is 38.2. The standard InChI is InChI=1S/C26H26N2O4/c1-2-32-23(29)18-22(24(27)30)28-25(31)26(19-12-6-3-7-13-19,20-14-8-4-9-15-20)21-16-10-5-11-17-21/h3-17,22H,2,18H2,1H3,(H2,27,30)(H,28,31)/t22-/m0/s1. The highest BCUT2D eigenvalue weighted by Gasteiger charge is 2.45. The average molecular weight is 431 g/mol. The molecule has 0 fully saturated rings. The molecule has 32 heavy (non-hydrogen) atoms. The largest absolute Gasteiger partial charge is 0.466 e. The lowest BCUT2D eigenvalue weighted by Gasteiger charge is -2.35. The first-order valence-corrected chi connectivity index (χ1v) is 10.4. The minimum Gasteiger partial charge on any atom is -0.466 e. The van der Waals surface area contributed by atoms with E-state index in [0.29, 0.717) is 16.7 Å². The highest BCUT2D eigenvalue weighted by atomic mass is 16.5. The average Bonchev–Trinajstić information content (AvgIpc) is 2.81. The first-order chi connectivity index (χ1) is 15.5. The van der Waals surface area contributed by atoms with Crippen LogP contribution in [0.25, 0.3) is 0 Å². The molecule has 0 aliphatic heterocycles. The molecule has 3 rings (SSSR count). The van der Waals surface area contributed by atoms with Gasteiger partial charge in [0.2, 0.25) is 11.8 Å². The molecule has 0 spiro atoms. The van der Waals surface area contributed by atoms with E-state index in [-0.39, 0.29) is 13.0 Å². The quantitative estimate of drug-likeness (QED) is 0.403. The molecule has 0 saturated heterocycles. The van der Waals surface area contributed by atoms with Gasteiger partial charge in [0.1, 0.15) is 11.5 Å². The van der Waals surface area contributed by atoms with Crippen LogP contribution in [0, 0.1) is 0 Å². The van der Waals surface area contributed by atoms with Crippen molar-refractivity contribution >= 4 is 17.8 Å². The zero-order chi connectivity index (χ0) is 23.0. The maximum atomic E-state index is 14.0. The van der Waals surface area contributed by atoms with Crippen LogP contribution in [0.3, 0.4) is 0 Å². The Labute approximate surface area is 187 Å². The molecule has 1 atom stereocenters. The molecule has 3 aromatic rings. The number of ether oxygens (including phenoxy) is 1. The van der Waals surface area contributed by atoms with Gasteiger partial charge < -0.3 is 15.8 Å². The number of hydrogen-bond donors (Lipinski definition) is 2. The van der Waals surface area contributed by atoms with E-state index in [2.05, 4.69) is 5.32 Å². The van der Waals surface area contributed by atoms with Gasteiger partial charge in [0.25, 0.3) is 0 Å². The zero-order valence-electron chi connectivity index (χ0n) is 17.9. The zero-order valence-corrected chi connectivity index (χ0v) is 17.9. The van der Waals surface area contributed by atoms with E-state index in [0.717, 1.165) is 0 Å². The maximum Gasteiger partial charge on any atom is 0.308 e. The lowest BCUT2D eigenvalue weighted by molar-refractivity contribution is -0.145. The van der Waals surface area contributed by atoms with Crippen LogP contribution < -0.4 is 11.1 Å². The number of nitrogens with one attached hydrogen (secondary N) is 1. The second-order valence-electron chi connectivity index (χ2n) is 7.29. The van der Waals surface area contributed by atoms with Crippen molar-refractivity contribution in [2.24, 2.45) is 5.73 Å². The second kappa shape index (κ2) is 10.4. The maximum absolute atomic E-state index is 14.0. The van der Waals surface area contributed by atoms with Crippen LogP contribution in [0.15, 0.2) is 91.0 Å². The number of primary amides is 1. The van der Waals surface area contributed by atoms with Gasteiger partial charge in [-0.3, -0.25) is 14.4 Å². The molecule has 0 aliphatic carbocycles. The van der Waals surface area contributed by atoms with Crippen LogP contribution in [0.2, 0.25) is 0 Å². The van der Waals surface area contributed by atoms with Crippen molar-refractivity contribution in [2.75, 3.05) is 6.61 Å². The molecule has 3 N–H and O–H groups in total. The van der Waals surface area contributed by atoms with Crippen molar-refractivity contribution in [3.05, 3.63) is 108 Å². The van der Waals surface area contributed by atoms with E-state index in [4.69, 9.17) is 10.5 Å². The highest BCUT2D eigenvalue weighted by Crippen LogP contribution is 2.39. The third-order valence-corrected chi connectivity index (χ3v) is 5.29. The molecule has 0 heterocycles. The van der Waals surface area contributed by atoms with E-state index in [1.807, 2.05) is 91.0 Å². The molecule has 0 aliphatic rings. The minimum atomic E-state index is -1.27. The van der Waals surface area contributed by atoms with Gasteiger partial charge in [-0.25, -0.2) is 0 Å². The van der Waals surface area contributed by atoms with E-state index >= 15 is 0 Å². The summed E-state index contributed by atoms with van der Waals surface area (Å²) >= 11 is 0. The Morgan fingerprint density at radius 3 is 1.56 bits per heavy atom. The Morgan fingerprint density at radius 2 is 1.22 bits per heavy atom. The summed E-state index contributed by atoms with van der Waals surface area (Å²) in [5, 5.41) is 2.73. The highest BCUT2D eigenvalue weighted by molar-refractivity contribution is 5.99. The number of carbonyl (C=O) groups excluding carboxylic acids is 3. The summed E-state index contributed by atoms with van der Waals surface area (Å²) in [6.45, 7) is 1.83. The van der Waals surface area contributed by atoms with Gasteiger partial charge in [0.05, 0.1) is 13.0 Å². The molecule has 6 heteroatoms. The number of hydrogen-bond acceptors (Lipinski definition) is 4. The van der Waals surface area contributed by atoms with Gasteiger partial charge in [-0.1, -0.05) is 91.0 Å². The van der Waals surface area contributed by atoms with Crippen molar-refractivity contribution in [1.29, 1.82) is 0 Å². The number of benzene rings is 3. The Hall–Kier alpha value is -3.93. The van der Waals surface area contributed by atoms with Crippen LogP contribution in [0.5, 0.6) is 0 Å². The monoisotopic (exact) mass is 430 g/mol. The summed E-state index contributed by atoms with van der Waals surface area (Å²) in [6, 6.07) is 26.7.